The van der Waals surface area contributed by atoms with Crippen molar-refractivity contribution in [1.29, 1.82) is 0 Å². The second-order valence-corrected chi connectivity index (χ2v) is 9.71. The van der Waals surface area contributed by atoms with Gasteiger partial charge < -0.3 is 20.1 Å². The molecule has 9 nitrogen and oxygen atoms in total. The molecule has 0 bridgehead atoms. The lowest BCUT2D eigenvalue weighted by Gasteiger charge is -2.19. The lowest BCUT2D eigenvalue weighted by atomic mass is 10.0. The molecule has 3 amide bonds. The second kappa shape index (κ2) is 11.5. The molecule has 0 saturated carbocycles. The molecular weight excluding hydrogens is 489 g/mol. The first-order chi connectivity index (χ1) is 17.3. The Morgan fingerprint density at radius 3 is 2.53 bits per heavy atom. The number of benzene rings is 2. The quantitative estimate of drug-likeness (QED) is 0.436. The molecule has 0 radical (unpaired) electrons. The fraction of sp³-hybridized carbons (Fsp3) is 0.360. The lowest BCUT2D eigenvalue weighted by molar-refractivity contribution is -0.145. The van der Waals surface area contributed by atoms with Gasteiger partial charge in [-0.1, -0.05) is 30.0 Å². The maximum Gasteiger partial charge on any atom is 0.328 e. The number of hydrogen-bond acceptors (Lipinski definition) is 8. The Morgan fingerprint density at radius 2 is 1.92 bits per heavy atom. The first kappa shape index (κ1) is 25.6. The van der Waals surface area contributed by atoms with Crippen LogP contribution in [-0.2, 0) is 32.0 Å². The first-order valence-corrected chi connectivity index (χ1v) is 12.4. The minimum Gasteiger partial charge on any atom is -0.467 e. The van der Waals surface area contributed by atoms with E-state index in [0.29, 0.717) is 11.3 Å². The summed E-state index contributed by atoms with van der Waals surface area (Å²) >= 11 is 0.891. The predicted octanol–water partition coefficient (Wildman–Crippen LogP) is 2.46. The van der Waals surface area contributed by atoms with E-state index < -0.39 is 28.3 Å². The standard InChI is InChI=1S/C25H26FN3O6S/c1-34-24(32)19(28-22(30)18-3-2-10-27-18)12-14-4-7-16(8-5-14)35-20-9-6-15(11-17(20)26)13-21-23(31)29-25(33)36-21/h4-9,11,18-19,21,27H,2-3,10,12-13H2,1H3,(H,28,30)(H,29,31,33). The summed E-state index contributed by atoms with van der Waals surface area (Å²) in [6.45, 7) is 0.767. The van der Waals surface area contributed by atoms with Gasteiger partial charge in [-0.15, -0.1) is 0 Å². The molecule has 4 rings (SSSR count). The number of halogens is 1. The van der Waals surface area contributed by atoms with Gasteiger partial charge in [0, 0.05) is 6.42 Å². The van der Waals surface area contributed by atoms with Gasteiger partial charge in [-0.3, -0.25) is 19.7 Å². The van der Waals surface area contributed by atoms with Gasteiger partial charge in [0.05, 0.1) is 18.4 Å². The molecule has 2 aromatic rings. The number of rotatable bonds is 9. The molecule has 2 aliphatic rings. The highest BCUT2D eigenvalue weighted by Gasteiger charge is 2.32. The maximum atomic E-state index is 14.6. The topological polar surface area (TPSA) is 123 Å². The first-order valence-electron chi connectivity index (χ1n) is 11.5. The molecule has 0 aromatic heterocycles. The molecular formula is C25H26FN3O6S. The number of carbonyl (C=O) groups is 4. The van der Waals surface area contributed by atoms with Crippen LogP contribution in [0, 0.1) is 5.82 Å². The van der Waals surface area contributed by atoms with Crippen LogP contribution in [0.4, 0.5) is 9.18 Å². The molecule has 2 heterocycles. The predicted molar refractivity (Wildman–Crippen MR) is 130 cm³/mol. The molecule has 0 aliphatic carbocycles. The third kappa shape index (κ3) is 6.41. The summed E-state index contributed by atoms with van der Waals surface area (Å²) in [5.74, 6) is -1.36. The largest absolute Gasteiger partial charge is 0.467 e. The number of hydrogen-bond donors (Lipinski definition) is 3. The van der Waals surface area contributed by atoms with Crippen molar-refractivity contribution < 1.29 is 33.0 Å². The zero-order chi connectivity index (χ0) is 25.7. The van der Waals surface area contributed by atoms with Crippen LogP contribution in [0.2, 0.25) is 0 Å². The van der Waals surface area contributed by atoms with Crippen LogP contribution in [0.15, 0.2) is 42.5 Å². The summed E-state index contributed by atoms with van der Waals surface area (Å²) in [7, 11) is 1.27. The summed E-state index contributed by atoms with van der Waals surface area (Å²) < 4.78 is 25.1. The highest BCUT2D eigenvalue weighted by atomic mass is 32.2. The van der Waals surface area contributed by atoms with Crippen molar-refractivity contribution in [1.82, 2.24) is 16.0 Å². The van der Waals surface area contributed by atoms with E-state index in [1.54, 1.807) is 30.3 Å². The smallest absolute Gasteiger partial charge is 0.328 e. The fourth-order valence-electron chi connectivity index (χ4n) is 4.07. The molecule has 3 unspecified atom stereocenters. The average Bonchev–Trinajstić information content (AvgIpc) is 3.50. The Bertz CT molecular complexity index is 1150. The minimum atomic E-state index is -0.836. The number of esters is 1. The number of imide groups is 1. The Labute approximate surface area is 211 Å². The highest BCUT2D eigenvalue weighted by Crippen LogP contribution is 2.28. The Kier molecular flexibility index (Phi) is 8.21. The van der Waals surface area contributed by atoms with Crippen LogP contribution in [0.25, 0.3) is 0 Å². The normalized spacial score (nSPS) is 20.1. The molecule has 2 aliphatic heterocycles. The molecule has 11 heteroatoms. The van der Waals surface area contributed by atoms with Crippen LogP contribution in [0.5, 0.6) is 11.5 Å². The minimum absolute atomic E-state index is 0.00914. The van der Waals surface area contributed by atoms with Crippen LogP contribution in [-0.4, -0.2) is 54.0 Å². The third-order valence-corrected chi connectivity index (χ3v) is 6.94. The summed E-state index contributed by atoms with van der Waals surface area (Å²) in [5, 5.41) is 7.08. The van der Waals surface area contributed by atoms with Crippen molar-refractivity contribution in [2.24, 2.45) is 0 Å². The van der Waals surface area contributed by atoms with E-state index in [1.165, 1.54) is 19.2 Å². The van der Waals surface area contributed by atoms with Crippen molar-refractivity contribution in [2.75, 3.05) is 13.7 Å². The van der Waals surface area contributed by atoms with Gasteiger partial charge in [0.15, 0.2) is 11.6 Å². The zero-order valence-corrected chi connectivity index (χ0v) is 20.4. The molecule has 36 heavy (non-hydrogen) atoms. The van der Waals surface area contributed by atoms with E-state index in [-0.39, 0.29) is 36.4 Å². The van der Waals surface area contributed by atoms with Crippen molar-refractivity contribution >= 4 is 34.8 Å². The SMILES string of the molecule is COC(=O)C(Cc1ccc(Oc2ccc(CC3SC(=O)NC3=O)cc2F)cc1)NC(=O)C1CCCN1. The van der Waals surface area contributed by atoms with Crippen LogP contribution >= 0.6 is 11.8 Å². The van der Waals surface area contributed by atoms with E-state index in [4.69, 9.17) is 9.47 Å². The number of thioether (sulfide) groups is 1. The molecule has 2 fully saturated rings. The van der Waals surface area contributed by atoms with Crippen molar-refractivity contribution in [2.45, 2.75) is 43.0 Å². The van der Waals surface area contributed by atoms with Gasteiger partial charge in [0.2, 0.25) is 11.8 Å². The van der Waals surface area contributed by atoms with Gasteiger partial charge in [-0.25, -0.2) is 9.18 Å². The maximum absolute atomic E-state index is 14.6. The molecule has 190 valence electrons. The number of nitrogens with one attached hydrogen (secondary N) is 3. The summed E-state index contributed by atoms with van der Waals surface area (Å²) in [6, 6.07) is 9.98. The number of carbonyl (C=O) groups excluding carboxylic acids is 4. The second-order valence-electron chi connectivity index (χ2n) is 8.54. The monoisotopic (exact) mass is 515 g/mol. The van der Waals surface area contributed by atoms with Crippen molar-refractivity contribution in [3.8, 4) is 11.5 Å². The van der Waals surface area contributed by atoms with E-state index in [9.17, 15) is 23.6 Å². The number of ether oxygens (including phenoxy) is 2. The zero-order valence-electron chi connectivity index (χ0n) is 19.5. The highest BCUT2D eigenvalue weighted by molar-refractivity contribution is 8.15. The molecule has 3 N–H and O–H groups in total. The van der Waals surface area contributed by atoms with Gasteiger partial charge in [0.1, 0.15) is 11.8 Å². The summed E-state index contributed by atoms with van der Waals surface area (Å²) in [5.41, 5.74) is 1.33. The van der Waals surface area contributed by atoms with Crippen LogP contribution in [0.3, 0.4) is 0 Å². The molecule has 2 aromatic carbocycles. The van der Waals surface area contributed by atoms with E-state index in [0.717, 1.165) is 36.7 Å². The van der Waals surface area contributed by atoms with E-state index in [2.05, 4.69) is 16.0 Å². The van der Waals surface area contributed by atoms with Gasteiger partial charge in [-0.2, -0.15) is 0 Å². The molecule has 2 saturated heterocycles. The van der Waals surface area contributed by atoms with Gasteiger partial charge in [0.25, 0.3) is 5.24 Å². The summed E-state index contributed by atoms with van der Waals surface area (Å²) in [4.78, 5) is 47.7. The molecule has 0 spiro atoms. The Hall–Kier alpha value is -3.44. The summed E-state index contributed by atoms with van der Waals surface area (Å²) in [6.07, 6.45) is 2.08. The Morgan fingerprint density at radius 1 is 1.17 bits per heavy atom. The van der Waals surface area contributed by atoms with Crippen molar-refractivity contribution in [3.05, 3.63) is 59.4 Å². The lowest BCUT2D eigenvalue weighted by Crippen LogP contribution is -2.49. The van der Waals surface area contributed by atoms with Crippen molar-refractivity contribution in [3.63, 3.8) is 0 Å². The van der Waals surface area contributed by atoms with Crippen LogP contribution < -0.4 is 20.7 Å². The molecule has 3 atom stereocenters. The number of amides is 3. The fourth-order valence-corrected chi connectivity index (χ4v) is 4.93. The van der Waals surface area contributed by atoms with Gasteiger partial charge >= 0.3 is 5.97 Å². The third-order valence-electron chi connectivity index (χ3n) is 5.95. The van der Waals surface area contributed by atoms with Crippen LogP contribution in [0.1, 0.15) is 24.0 Å². The average molecular weight is 516 g/mol. The number of methoxy groups -OCH3 is 1. The van der Waals surface area contributed by atoms with E-state index >= 15 is 0 Å². The van der Waals surface area contributed by atoms with E-state index in [1.807, 2.05) is 0 Å². The Balaban J connectivity index is 1.36. The van der Waals surface area contributed by atoms with Gasteiger partial charge in [-0.05, 0) is 61.2 Å².